The van der Waals surface area contributed by atoms with E-state index in [4.69, 9.17) is 0 Å². The van der Waals surface area contributed by atoms with E-state index in [2.05, 4.69) is 22.8 Å². The summed E-state index contributed by atoms with van der Waals surface area (Å²) >= 11 is 0. The summed E-state index contributed by atoms with van der Waals surface area (Å²) in [6.07, 6.45) is 4.65. The van der Waals surface area contributed by atoms with Crippen LogP contribution in [0.15, 0.2) is 53.6 Å². The molecule has 8 nitrogen and oxygen atoms in total. The van der Waals surface area contributed by atoms with Crippen LogP contribution in [0, 0.1) is 10.1 Å². The number of nitrogens with zero attached hydrogens (tertiary/aromatic N) is 2. The minimum absolute atomic E-state index is 0.0104. The van der Waals surface area contributed by atoms with Gasteiger partial charge in [-0.3, -0.25) is 19.7 Å². The molecule has 30 heavy (non-hydrogen) atoms. The van der Waals surface area contributed by atoms with Crippen LogP contribution in [0.3, 0.4) is 0 Å². The van der Waals surface area contributed by atoms with E-state index in [0.717, 1.165) is 25.7 Å². The first-order valence-electron chi connectivity index (χ1n) is 9.90. The molecule has 158 valence electrons. The number of non-ortho nitro benzene ring substituents is 1. The molecule has 0 heterocycles. The molecule has 2 amide bonds. The normalized spacial score (nSPS) is 11.1. The lowest BCUT2D eigenvalue weighted by atomic mass is 10.1. The average molecular weight is 410 g/mol. The van der Waals surface area contributed by atoms with Crippen molar-refractivity contribution in [3.8, 4) is 0 Å². The highest BCUT2D eigenvalue weighted by Gasteiger charge is 2.08. The van der Waals surface area contributed by atoms with Gasteiger partial charge in [0.2, 0.25) is 5.91 Å². The summed E-state index contributed by atoms with van der Waals surface area (Å²) in [4.78, 5) is 34.4. The molecule has 0 spiro atoms. The van der Waals surface area contributed by atoms with Crippen molar-refractivity contribution in [1.82, 2.24) is 5.43 Å². The Morgan fingerprint density at radius 2 is 1.60 bits per heavy atom. The van der Waals surface area contributed by atoms with E-state index in [0.29, 0.717) is 28.9 Å². The first kappa shape index (κ1) is 22.7. The van der Waals surface area contributed by atoms with Gasteiger partial charge in [0.05, 0.1) is 10.6 Å². The highest BCUT2D eigenvalue weighted by Crippen LogP contribution is 2.13. The molecule has 0 saturated carbocycles. The van der Waals surface area contributed by atoms with Crippen LogP contribution in [-0.2, 0) is 4.79 Å². The Bertz CT molecular complexity index is 906. The molecule has 8 heteroatoms. The number of benzene rings is 2. The number of hydrazone groups is 1. The summed E-state index contributed by atoms with van der Waals surface area (Å²) in [6, 6.07) is 12.5. The largest absolute Gasteiger partial charge is 0.326 e. The highest BCUT2D eigenvalue weighted by atomic mass is 16.6. The van der Waals surface area contributed by atoms with Gasteiger partial charge in [-0.05, 0) is 55.3 Å². The van der Waals surface area contributed by atoms with Gasteiger partial charge < -0.3 is 5.32 Å². The Hall–Kier alpha value is -3.55. The van der Waals surface area contributed by atoms with Crippen molar-refractivity contribution in [1.29, 1.82) is 0 Å². The number of nitro groups is 1. The fourth-order valence-corrected chi connectivity index (χ4v) is 2.73. The van der Waals surface area contributed by atoms with Crippen molar-refractivity contribution < 1.29 is 14.5 Å². The number of nitrogens with one attached hydrogen (secondary N) is 2. The van der Waals surface area contributed by atoms with Crippen LogP contribution in [-0.4, -0.2) is 22.4 Å². The Morgan fingerprint density at radius 3 is 2.20 bits per heavy atom. The van der Waals surface area contributed by atoms with Crippen LogP contribution in [0.25, 0.3) is 0 Å². The summed E-state index contributed by atoms with van der Waals surface area (Å²) in [5.74, 6) is -0.430. The topological polar surface area (TPSA) is 114 Å². The number of carbonyl (C=O) groups is 2. The molecular formula is C22H26N4O4. The summed E-state index contributed by atoms with van der Waals surface area (Å²) in [5.41, 5.74) is 4.67. The van der Waals surface area contributed by atoms with Crippen molar-refractivity contribution in [3.05, 3.63) is 69.8 Å². The fourth-order valence-electron chi connectivity index (χ4n) is 2.73. The first-order valence-corrected chi connectivity index (χ1v) is 9.90. The van der Waals surface area contributed by atoms with E-state index in [1.807, 2.05) is 0 Å². The van der Waals surface area contributed by atoms with E-state index in [-0.39, 0.29) is 11.6 Å². The summed E-state index contributed by atoms with van der Waals surface area (Å²) in [7, 11) is 0. The van der Waals surface area contributed by atoms with E-state index < -0.39 is 10.8 Å². The molecule has 0 saturated heterocycles. The Balaban J connectivity index is 1.88. The number of rotatable bonds is 10. The number of hydrogen-bond acceptors (Lipinski definition) is 5. The van der Waals surface area contributed by atoms with E-state index in [1.54, 1.807) is 43.3 Å². The Morgan fingerprint density at radius 1 is 0.967 bits per heavy atom. The lowest BCUT2D eigenvalue weighted by molar-refractivity contribution is -0.384. The molecule has 0 aromatic heterocycles. The van der Waals surface area contributed by atoms with E-state index >= 15 is 0 Å². The summed E-state index contributed by atoms with van der Waals surface area (Å²) in [5, 5.41) is 17.6. The molecule has 0 fully saturated rings. The smallest absolute Gasteiger partial charge is 0.271 e. The van der Waals surface area contributed by atoms with Gasteiger partial charge in [-0.1, -0.05) is 26.2 Å². The molecule has 0 radical (unpaired) electrons. The number of nitro benzene ring substituents is 1. The highest BCUT2D eigenvalue weighted by molar-refractivity contribution is 6.01. The number of anilines is 1. The standard InChI is InChI=1S/C22H26N4O4/c1-3-4-5-6-7-21(27)23-19-12-8-18(9-13-19)22(28)25-24-16(2)17-10-14-20(15-11-17)26(29)30/h8-15H,3-7H2,1-2H3,(H,23,27)(H,25,28)/b24-16-. The molecule has 0 aliphatic rings. The predicted molar refractivity (Wildman–Crippen MR) is 117 cm³/mol. The molecule has 0 aliphatic heterocycles. The lowest BCUT2D eigenvalue weighted by Gasteiger charge is -2.07. The first-order chi connectivity index (χ1) is 14.4. The van der Waals surface area contributed by atoms with Gasteiger partial charge in [0, 0.05) is 29.8 Å². The van der Waals surface area contributed by atoms with Crippen LogP contribution in [0.5, 0.6) is 0 Å². The maximum atomic E-state index is 12.3. The Labute approximate surface area is 175 Å². The number of amides is 2. The number of carbonyl (C=O) groups excluding carboxylic acids is 2. The molecular weight excluding hydrogens is 384 g/mol. The van der Waals surface area contributed by atoms with Crippen LogP contribution in [0.1, 0.15) is 61.9 Å². The molecule has 2 aromatic rings. The van der Waals surface area contributed by atoms with Gasteiger partial charge in [0.1, 0.15) is 0 Å². The predicted octanol–water partition coefficient (Wildman–Crippen LogP) is 4.66. The van der Waals surface area contributed by atoms with Gasteiger partial charge in [0.15, 0.2) is 0 Å². The molecule has 2 aromatic carbocycles. The Kier molecular flexibility index (Phi) is 8.68. The summed E-state index contributed by atoms with van der Waals surface area (Å²) < 4.78 is 0. The monoisotopic (exact) mass is 410 g/mol. The van der Waals surface area contributed by atoms with Crippen molar-refractivity contribution in [2.24, 2.45) is 5.10 Å². The maximum Gasteiger partial charge on any atom is 0.271 e. The van der Waals surface area contributed by atoms with Crippen molar-refractivity contribution in [2.45, 2.75) is 46.0 Å². The maximum absolute atomic E-state index is 12.3. The molecule has 0 unspecified atom stereocenters. The second-order valence-corrected chi connectivity index (χ2v) is 6.88. The van der Waals surface area contributed by atoms with Gasteiger partial charge >= 0.3 is 0 Å². The third-order valence-corrected chi connectivity index (χ3v) is 4.51. The quantitative estimate of drug-likeness (QED) is 0.257. The average Bonchev–Trinajstić information content (AvgIpc) is 2.75. The SMILES string of the molecule is CCCCCCC(=O)Nc1ccc(C(=O)N/N=C(/C)c2ccc([N+](=O)[O-])cc2)cc1. The second-order valence-electron chi connectivity index (χ2n) is 6.88. The van der Waals surface area contributed by atoms with Crippen LogP contribution in [0.2, 0.25) is 0 Å². The zero-order valence-corrected chi connectivity index (χ0v) is 17.2. The van der Waals surface area contributed by atoms with Crippen molar-refractivity contribution in [2.75, 3.05) is 5.32 Å². The minimum Gasteiger partial charge on any atom is -0.326 e. The van der Waals surface area contributed by atoms with Gasteiger partial charge in [-0.15, -0.1) is 0 Å². The van der Waals surface area contributed by atoms with Crippen LogP contribution >= 0.6 is 0 Å². The van der Waals surface area contributed by atoms with Gasteiger partial charge in [-0.25, -0.2) is 5.43 Å². The zero-order chi connectivity index (χ0) is 21.9. The molecule has 0 aliphatic carbocycles. The number of unbranched alkanes of at least 4 members (excludes halogenated alkanes) is 3. The second kappa shape index (κ2) is 11.5. The van der Waals surface area contributed by atoms with Crippen molar-refractivity contribution in [3.63, 3.8) is 0 Å². The zero-order valence-electron chi connectivity index (χ0n) is 17.2. The third kappa shape index (κ3) is 7.12. The number of hydrogen-bond donors (Lipinski definition) is 2. The van der Waals surface area contributed by atoms with E-state index in [1.165, 1.54) is 12.1 Å². The lowest BCUT2D eigenvalue weighted by Crippen LogP contribution is -2.19. The van der Waals surface area contributed by atoms with Crippen molar-refractivity contribution >= 4 is 28.9 Å². The van der Waals surface area contributed by atoms with Gasteiger partial charge in [-0.2, -0.15) is 5.10 Å². The molecule has 0 atom stereocenters. The molecule has 2 N–H and O–H groups in total. The third-order valence-electron chi connectivity index (χ3n) is 4.51. The molecule has 2 rings (SSSR count). The molecule has 0 bridgehead atoms. The van der Waals surface area contributed by atoms with E-state index in [9.17, 15) is 19.7 Å². The summed E-state index contributed by atoms with van der Waals surface area (Å²) in [6.45, 7) is 3.82. The fraction of sp³-hybridized carbons (Fsp3) is 0.318. The van der Waals surface area contributed by atoms with Crippen LogP contribution in [0.4, 0.5) is 11.4 Å². The van der Waals surface area contributed by atoms with Crippen LogP contribution < -0.4 is 10.7 Å². The minimum atomic E-state index is -0.476. The van der Waals surface area contributed by atoms with Gasteiger partial charge in [0.25, 0.3) is 11.6 Å².